The lowest BCUT2D eigenvalue weighted by Crippen LogP contribution is -1.90. The van der Waals surface area contributed by atoms with Gasteiger partial charge in [-0.25, -0.2) is 0 Å². The first-order valence-corrected chi connectivity index (χ1v) is 8.34. The Balaban J connectivity index is 2.02. The molecule has 1 aromatic heterocycles. The number of furan rings is 1. The molecule has 0 saturated carbocycles. The summed E-state index contributed by atoms with van der Waals surface area (Å²) in [6.07, 6.45) is 0. The van der Waals surface area contributed by atoms with Crippen molar-refractivity contribution in [2.24, 2.45) is 0 Å². The van der Waals surface area contributed by atoms with E-state index in [0.717, 1.165) is 11.1 Å². The van der Waals surface area contributed by atoms with Gasteiger partial charge in [0.2, 0.25) is 0 Å². The summed E-state index contributed by atoms with van der Waals surface area (Å²) in [6, 6.07) is 13.9. The molecule has 2 aromatic carbocycles. The van der Waals surface area contributed by atoms with Crippen LogP contribution in [0.5, 0.6) is 0 Å². The van der Waals surface area contributed by atoms with Gasteiger partial charge in [0, 0.05) is 22.3 Å². The minimum Gasteiger partial charge on any atom is -0.453 e. The maximum absolute atomic E-state index is 11.4. The topological polar surface area (TPSA) is 47.3 Å². The van der Waals surface area contributed by atoms with Crippen molar-refractivity contribution in [2.75, 3.05) is 0 Å². The van der Waals surface area contributed by atoms with E-state index in [2.05, 4.69) is 0 Å². The quantitative estimate of drug-likeness (QED) is 0.503. The summed E-state index contributed by atoms with van der Waals surface area (Å²) in [4.78, 5) is 22.8. The molecule has 0 N–H and O–H groups in total. The molecule has 0 aliphatic rings. The molecule has 1 heterocycles. The third-order valence-electron chi connectivity index (χ3n) is 3.90. The molecular formula is C20H14Cl2O3. The van der Waals surface area contributed by atoms with E-state index in [1.807, 2.05) is 0 Å². The van der Waals surface area contributed by atoms with Gasteiger partial charge in [0.25, 0.3) is 0 Å². The zero-order valence-corrected chi connectivity index (χ0v) is 15.1. The zero-order chi connectivity index (χ0) is 18.1. The summed E-state index contributed by atoms with van der Waals surface area (Å²) >= 11 is 12.7. The van der Waals surface area contributed by atoms with E-state index in [1.165, 1.54) is 13.8 Å². The van der Waals surface area contributed by atoms with Crippen LogP contribution in [0.2, 0.25) is 10.0 Å². The molecule has 5 heteroatoms. The SMILES string of the molecule is CC(=O)c1ccc(-c2oc(-c3ccc(C(C)=O)cc3)c(Cl)c2Cl)cc1. The Morgan fingerprint density at radius 2 is 1.00 bits per heavy atom. The molecule has 3 nitrogen and oxygen atoms in total. The lowest BCUT2D eigenvalue weighted by molar-refractivity contribution is 0.100. The minimum atomic E-state index is -0.0126. The van der Waals surface area contributed by atoms with Gasteiger partial charge in [-0.3, -0.25) is 9.59 Å². The molecule has 0 amide bonds. The number of benzene rings is 2. The first kappa shape index (κ1) is 17.5. The average molecular weight is 373 g/mol. The van der Waals surface area contributed by atoms with Crippen molar-refractivity contribution >= 4 is 34.8 Å². The fraction of sp³-hybridized carbons (Fsp3) is 0.100. The first-order chi connectivity index (χ1) is 11.9. The van der Waals surface area contributed by atoms with Crippen molar-refractivity contribution in [2.45, 2.75) is 13.8 Å². The first-order valence-electron chi connectivity index (χ1n) is 7.59. The third kappa shape index (κ3) is 3.39. The molecule has 25 heavy (non-hydrogen) atoms. The summed E-state index contributed by atoms with van der Waals surface area (Å²) in [5.41, 5.74) is 2.67. The van der Waals surface area contributed by atoms with Gasteiger partial charge >= 0.3 is 0 Å². The molecule has 0 fully saturated rings. The van der Waals surface area contributed by atoms with Crippen LogP contribution in [-0.2, 0) is 0 Å². The van der Waals surface area contributed by atoms with E-state index < -0.39 is 0 Å². The summed E-state index contributed by atoms with van der Waals surface area (Å²) in [7, 11) is 0. The predicted octanol–water partition coefficient (Wildman–Crippen LogP) is 6.33. The molecular weight excluding hydrogens is 359 g/mol. The van der Waals surface area contributed by atoms with Crippen molar-refractivity contribution in [3.63, 3.8) is 0 Å². The molecule has 0 bridgehead atoms. The molecule has 0 spiro atoms. The lowest BCUT2D eigenvalue weighted by Gasteiger charge is -2.01. The van der Waals surface area contributed by atoms with Crippen LogP contribution in [0.15, 0.2) is 52.9 Å². The van der Waals surface area contributed by atoms with Crippen LogP contribution in [0.3, 0.4) is 0 Å². The van der Waals surface area contributed by atoms with Crippen LogP contribution in [0, 0.1) is 0 Å². The summed E-state index contributed by atoms with van der Waals surface area (Å²) < 4.78 is 5.88. The summed E-state index contributed by atoms with van der Waals surface area (Å²) in [6.45, 7) is 3.02. The lowest BCUT2D eigenvalue weighted by atomic mass is 10.1. The monoisotopic (exact) mass is 372 g/mol. The maximum Gasteiger partial charge on any atom is 0.159 e. The Morgan fingerprint density at radius 1 is 0.680 bits per heavy atom. The fourth-order valence-corrected chi connectivity index (χ4v) is 2.94. The minimum absolute atomic E-state index is 0.0126. The molecule has 126 valence electrons. The number of rotatable bonds is 4. The number of ketones is 2. The normalized spacial score (nSPS) is 10.7. The van der Waals surface area contributed by atoms with E-state index >= 15 is 0 Å². The predicted molar refractivity (Wildman–Crippen MR) is 99.6 cm³/mol. The highest BCUT2D eigenvalue weighted by Crippen LogP contribution is 2.43. The van der Waals surface area contributed by atoms with Crippen molar-refractivity contribution in [3.8, 4) is 22.6 Å². The second kappa shape index (κ2) is 6.87. The van der Waals surface area contributed by atoms with Gasteiger partial charge < -0.3 is 4.42 Å². The molecule has 3 rings (SSSR count). The highest BCUT2D eigenvalue weighted by molar-refractivity contribution is 6.45. The van der Waals surface area contributed by atoms with Crippen LogP contribution in [0.1, 0.15) is 34.6 Å². The van der Waals surface area contributed by atoms with Crippen LogP contribution in [0.4, 0.5) is 0 Å². The summed E-state index contributed by atoms with van der Waals surface area (Å²) in [5.74, 6) is 0.850. The highest BCUT2D eigenvalue weighted by Gasteiger charge is 2.20. The number of carbonyl (C=O) groups excluding carboxylic acids is 2. The van der Waals surface area contributed by atoms with Crippen molar-refractivity contribution in [1.82, 2.24) is 0 Å². The van der Waals surface area contributed by atoms with Crippen LogP contribution in [-0.4, -0.2) is 11.6 Å². The van der Waals surface area contributed by atoms with Crippen molar-refractivity contribution in [3.05, 3.63) is 69.7 Å². The Bertz CT molecular complexity index is 874. The van der Waals surface area contributed by atoms with Crippen LogP contribution in [0.25, 0.3) is 22.6 Å². The van der Waals surface area contributed by atoms with Gasteiger partial charge in [-0.2, -0.15) is 0 Å². The Hall–Kier alpha value is -2.36. The second-order valence-electron chi connectivity index (χ2n) is 5.66. The number of halogens is 2. The van der Waals surface area contributed by atoms with Gasteiger partial charge in [-0.15, -0.1) is 0 Å². The van der Waals surface area contributed by atoms with Crippen molar-refractivity contribution < 1.29 is 14.0 Å². The van der Waals surface area contributed by atoms with E-state index in [-0.39, 0.29) is 11.6 Å². The molecule has 0 radical (unpaired) electrons. The van der Waals surface area contributed by atoms with Crippen LogP contribution >= 0.6 is 23.2 Å². The number of hydrogen-bond donors (Lipinski definition) is 0. The molecule has 0 atom stereocenters. The largest absolute Gasteiger partial charge is 0.453 e. The second-order valence-corrected chi connectivity index (χ2v) is 6.41. The fourth-order valence-electron chi connectivity index (χ4n) is 2.47. The molecule has 0 saturated heterocycles. The Morgan fingerprint density at radius 3 is 1.28 bits per heavy atom. The highest BCUT2D eigenvalue weighted by atomic mass is 35.5. The number of Topliss-reactive ketones (excluding diaryl/α,β-unsaturated/α-hetero) is 2. The average Bonchev–Trinajstić information content (AvgIpc) is 2.90. The van der Waals surface area contributed by atoms with Crippen molar-refractivity contribution in [1.29, 1.82) is 0 Å². The van der Waals surface area contributed by atoms with Gasteiger partial charge in [0.15, 0.2) is 23.1 Å². The molecule has 0 unspecified atom stereocenters. The molecule has 3 aromatic rings. The number of hydrogen-bond acceptors (Lipinski definition) is 3. The van der Waals surface area contributed by atoms with E-state index in [1.54, 1.807) is 48.5 Å². The van der Waals surface area contributed by atoms with E-state index in [0.29, 0.717) is 32.7 Å². The maximum atomic E-state index is 11.4. The third-order valence-corrected chi connectivity index (χ3v) is 4.72. The van der Waals surface area contributed by atoms with Gasteiger partial charge in [-0.1, -0.05) is 71.7 Å². The molecule has 0 aliphatic carbocycles. The van der Waals surface area contributed by atoms with Gasteiger partial charge in [0.1, 0.15) is 10.0 Å². The standard InChI is InChI=1S/C20H14Cl2O3/c1-11(23)13-3-7-15(8-4-13)19-17(21)18(22)20(25-19)16-9-5-14(6-10-16)12(2)24/h3-10H,1-2H3. The smallest absolute Gasteiger partial charge is 0.159 e. The zero-order valence-electron chi connectivity index (χ0n) is 13.6. The van der Waals surface area contributed by atoms with Gasteiger partial charge in [0.05, 0.1) is 0 Å². The number of carbonyl (C=O) groups is 2. The Labute approximate surface area is 155 Å². The van der Waals surface area contributed by atoms with Gasteiger partial charge in [-0.05, 0) is 13.8 Å². The van der Waals surface area contributed by atoms with Crippen LogP contribution < -0.4 is 0 Å². The van der Waals surface area contributed by atoms with E-state index in [4.69, 9.17) is 27.6 Å². The summed E-state index contributed by atoms with van der Waals surface area (Å²) in [5, 5.41) is 0.616. The molecule has 0 aliphatic heterocycles. The van der Waals surface area contributed by atoms with E-state index in [9.17, 15) is 9.59 Å². The Kier molecular flexibility index (Phi) is 4.80.